The van der Waals surface area contributed by atoms with Crippen molar-refractivity contribution in [2.45, 2.75) is 71.8 Å². The second kappa shape index (κ2) is 10.2. The average Bonchev–Trinajstić information content (AvgIpc) is 2.81. The van der Waals surface area contributed by atoms with Crippen LogP contribution < -0.4 is 0 Å². The van der Waals surface area contributed by atoms with Crippen LogP contribution in [0.3, 0.4) is 0 Å². The number of benzene rings is 3. The zero-order valence-electron chi connectivity index (χ0n) is 21.3. The summed E-state index contributed by atoms with van der Waals surface area (Å²) in [7, 11) is 0. The summed E-state index contributed by atoms with van der Waals surface area (Å²) in [5.41, 5.74) is 9.51. The molecular weight excluding hydrogens is 584 g/mol. The van der Waals surface area contributed by atoms with E-state index in [2.05, 4.69) is 104 Å². The summed E-state index contributed by atoms with van der Waals surface area (Å²) in [5, 5.41) is 13.0. The van der Waals surface area contributed by atoms with Gasteiger partial charge in [0.25, 0.3) is 0 Å². The Kier molecular flexibility index (Phi) is 7.75. The molecule has 0 amide bonds. The third-order valence-electron chi connectivity index (χ3n) is 7.85. The third-order valence-corrected chi connectivity index (χ3v) is 9.89. The highest BCUT2D eigenvalue weighted by Gasteiger charge is 2.39. The molecule has 2 atom stereocenters. The van der Waals surface area contributed by atoms with E-state index in [4.69, 9.17) is 11.6 Å². The quantitative estimate of drug-likeness (QED) is 0.309. The second-order valence-electron chi connectivity index (χ2n) is 10.3. The van der Waals surface area contributed by atoms with Crippen molar-refractivity contribution in [1.29, 1.82) is 0 Å². The maximum Gasteiger partial charge on any atom is 0.110 e. The first-order valence-corrected chi connectivity index (χ1v) is 14.2. The van der Waals surface area contributed by atoms with E-state index in [0.717, 1.165) is 32.1 Å². The van der Waals surface area contributed by atoms with Crippen LogP contribution in [-0.2, 0) is 5.60 Å². The first kappa shape index (κ1) is 26.7. The van der Waals surface area contributed by atoms with E-state index in [9.17, 15) is 5.11 Å². The lowest BCUT2D eigenvalue weighted by atomic mass is 9.70. The van der Waals surface area contributed by atoms with E-state index < -0.39 is 5.60 Å². The number of halogens is 3. The highest BCUT2D eigenvalue weighted by atomic mass is 79.9. The normalized spacial score (nSPS) is 20.3. The largest absolute Gasteiger partial charge is 0.381 e. The van der Waals surface area contributed by atoms with Gasteiger partial charge < -0.3 is 5.11 Å². The molecular formula is C31H33Br2ClO. The highest BCUT2D eigenvalue weighted by Crippen LogP contribution is 2.51. The molecule has 0 radical (unpaired) electrons. The minimum atomic E-state index is -1.19. The third kappa shape index (κ3) is 4.94. The summed E-state index contributed by atoms with van der Waals surface area (Å²) in [4.78, 5) is 0. The molecule has 184 valence electrons. The van der Waals surface area contributed by atoms with Gasteiger partial charge >= 0.3 is 0 Å². The van der Waals surface area contributed by atoms with Crippen molar-refractivity contribution >= 4 is 49.0 Å². The zero-order chi connectivity index (χ0) is 25.7. The molecule has 0 bridgehead atoms. The second-order valence-corrected chi connectivity index (χ2v) is 12.4. The average molecular weight is 617 g/mol. The molecule has 0 saturated carbocycles. The Morgan fingerprint density at radius 1 is 0.943 bits per heavy atom. The molecule has 0 saturated heterocycles. The molecule has 35 heavy (non-hydrogen) atoms. The SMILES string of the molecule is Cc1c(C)c(C)c(C2CC(c3ccccc3Br)=CC(O)(c3cc(C(C)C)ccc3Cl)C2)c(Br)c1C. The molecule has 0 fully saturated rings. The van der Waals surface area contributed by atoms with Crippen molar-refractivity contribution in [1.82, 2.24) is 0 Å². The van der Waals surface area contributed by atoms with Gasteiger partial charge in [-0.15, -0.1) is 0 Å². The van der Waals surface area contributed by atoms with Crippen molar-refractivity contribution < 1.29 is 5.11 Å². The smallest absolute Gasteiger partial charge is 0.110 e. The number of allylic oxidation sites excluding steroid dienone is 1. The number of hydrogen-bond donors (Lipinski definition) is 1. The van der Waals surface area contributed by atoms with Crippen LogP contribution in [0.15, 0.2) is 57.5 Å². The number of aliphatic hydroxyl groups is 1. The summed E-state index contributed by atoms with van der Waals surface area (Å²) in [6.07, 6.45) is 3.46. The van der Waals surface area contributed by atoms with Gasteiger partial charge in [-0.2, -0.15) is 0 Å². The predicted octanol–water partition coefficient (Wildman–Crippen LogP) is 10.1. The van der Waals surface area contributed by atoms with E-state index in [1.165, 1.54) is 33.4 Å². The topological polar surface area (TPSA) is 20.2 Å². The van der Waals surface area contributed by atoms with E-state index in [1.54, 1.807) is 0 Å². The van der Waals surface area contributed by atoms with E-state index in [0.29, 0.717) is 17.4 Å². The fourth-order valence-corrected chi connectivity index (χ4v) is 7.17. The monoisotopic (exact) mass is 614 g/mol. The van der Waals surface area contributed by atoms with Crippen LogP contribution in [0, 0.1) is 27.7 Å². The van der Waals surface area contributed by atoms with E-state index in [-0.39, 0.29) is 5.92 Å². The molecule has 0 heterocycles. The predicted molar refractivity (Wildman–Crippen MR) is 157 cm³/mol. The van der Waals surface area contributed by atoms with Crippen molar-refractivity contribution in [3.63, 3.8) is 0 Å². The zero-order valence-corrected chi connectivity index (χ0v) is 25.2. The van der Waals surface area contributed by atoms with Crippen LogP contribution in [0.1, 0.15) is 83.0 Å². The van der Waals surface area contributed by atoms with Crippen LogP contribution in [0.5, 0.6) is 0 Å². The molecule has 1 aliphatic rings. The van der Waals surface area contributed by atoms with Gasteiger partial charge in [0.1, 0.15) is 5.60 Å². The first-order valence-electron chi connectivity index (χ1n) is 12.2. The number of rotatable bonds is 4. The van der Waals surface area contributed by atoms with E-state index >= 15 is 0 Å². The molecule has 0 aliphatic heterocycles. The molecule has 0 aromatic heterocycles. The van der Waals surface area contributed by atoms with Gasteiger partial charge in [-0.25, -0.2) is 0 Å². The molecule has 4 rings (SSSR count). The summed E-state index contributed by atoms with van der Waals surface area (Å²) in [6.45, 7) is 13.1. The van der Waals surface area contributed by atoms with Gasteiger partial charge in [-0.1, -0.05) is 87.6 Å². The summed E-state index contributed by atoms with van der Waals surface area (Å²) in [6, 6.07) is 14.4. The van der Waals surface area contributed by atoms with Gasteiger partial charge in [0, 0.05) is 19.5 Å². The van der Waals surface area contributed by atoms with Gasteiger partial charge in [-0.3, -0.25) is 0 Å². The maximum absolute atomic E-state index is 12.4. The molecule has 1 N–H and O–H groups in total. The Labute approximate surface area is 231 Å². The van der Waals surface area contributed by atoms with Crippen LogP contribution in [-0.4, -0.2) is 5.11 Å². The molecule has 4 heteroatoms. The van der Waals surface area contributed by atoms with Crippen molar-refractivity contribution in [3.8, 4) is 0 Å². The minimum absolute atomic E-state index is 0.123. The van der Waals surface area contributed by atoms with Gasteiger partial charge in [0.05, 0.1) is 0 Å². The Bertz CT molecular complexity index is 1290. The molecule has 2 unspecified atom stereocenters. The van der Waals surface area contributed by atoms with Gasteiger partial charge in [-0.05, 0) is 115 Å². The Morgan fingerprint density at radius 3 is 2.26 bits per heavy atom. The van der Waals surface area contributed by atoms with Crippen LogP contribution in [0.25, 0.3) is 5.57 Å². The van der Waals surface area contributed by atoms with Crippen molar-refractivity contribution in [2.75, 3.05) is 0 Å². The molecule has 3 aromatic rings. The summed E-state index contributed by atoms with van der Waals surface area (Å²) in [5.74, 6) is 0.470. The molecule has 1 nitrogen and oxygen atoms in total. The minimum Gasteiger partial charge on any atom is -0.381 e. The molecule has 1 aliphatic carbocycles. The summed E-state index contributed by atoms with van der Waals surface area (Å²) >= 11 is 14.5. The fraction of sp³-hybridized carbons (Fsp3) is 0.355. The van der Waals surface area contributed by atoms with E-state index in [1.807, 2.05) is 18.2 Å². The molecule has 0 spiro atoms. The van der Waals surface area contributed by atoms with Crippen LogP contribution >= 0.6 is 43.5 Å². The fourth-order valence-electron chi connectivity index (χ4n) is 5.44. The molecule has 3 aromatic carbocycles. The van der Waals surface area contributed by atoms with Crippen LogP contribution in [0.2, 0.25) is 5.02 Å². The Hall–Kier alpha value is -1.39. The lowest BCUT2D eigenvalue weighted by Gasteiger charge is -2.38. The first-order chi connectivity index (χ1) is 16.4. The lowest BCUT2D eigenvalue weighted by molar-refractivity contribution is 0.0670. The van der Waals surface area contributed by atoms with Crippen molar-refractivity contribution in [3.05, 3.63) is 107 Å². The Morgan fingerprint density at radius 2 is 1.60 bits per heavy atom. The van der Waals surface area contributed by atoms with Crippen LogP contribution in [0.4, 0.5) is 0 Å². The van der Waals surface area contributed by atoms with Gasteiger partial charge in [0.15, 0.2) is 0 Å². The number of hydrogen-bond acceptors (Lipinski definition) is 1. The summed E-state index contributed by atoms with van der Waals surface area (Å²) < 4.78 is 2.18. The lowest BCUT2D eigenvalue weighted by Crippen LogP contribution is -2.31. The Balaban J connectivity index is 1.96. The highest BCUT2D eigenvalue weighted by molar-refractivity contribution is 9.10. The van der Waals surface area contributed by atoms with Crippen molar-refractivity contribution in [2.24, 2.45) is 0 Å². The maximum atomic E-state index is 12.4. The standard InChI is InChI=1S/C31H33Br2ClO/c1-17(2)22-11-12-28(34)26(14-22)31(35)15-23(25-9-7-8-10-27(25)32)13-24(16-31)29-20(5)18(3)19(4)21(6)30(29)33/h7-12,14-15,17,24,35H,13,16H2,1-6H3. The van der Waals surface area contributed by atoms with Gasteiger partial charge in [0.2, 0.25) is 0 Å².